The van der Waals surface area contributed by atoms with Crippen LogP contribution in [0.3, 0.4) is 0 Å². The zero-order valence-corrected chi connectivity index (χ0v) is 12.6. The first-order chi connectivity index (χ1) is 8.08. The van der Waals surface area contributed by atoms with E-state index < -0.39 is 0 Å². The lowest BCUT2D eigenvalue weighted by Gasteiger charge is -2.10. The Labute approximate surface area is 116 Å². The minimum atomic E-state index is 0.968. The van der Waals surface area contributed by atoms with Gasteiger partial charge in [0.15, 0.2) is 0 Å². The SMILES string of the molecule is Cc1cc(C)c(SC(=S)c2cccs2)c(C)c1. The van der Waals surface area contributed by atoms with Gasteiger partial charge in [0.05, 0.1) is 9.07 Å². The third-order valence-corrected chi connectivity index (χ3v) is 5.39. The molecule has 0 amide bonds. The molecular formula is C14H14S3. The van der Waals surface area contributed by atoms with E-state index in [9.17, 15) is 0 Å². The summed E-state index contributed by atoms with van der Waals surface area (Å²) < 4.78 is 0.968. The highest BCUT2D eigenvalue weighted by molar-refractivity contribution is 8.24. The van der Waals surface area contributed by atoms with Crippen molar-refractivity contribution in [2.75, 3.05) is 0 Å². The molecule has 0 atom stereocenters. The number of thiocarbonyl (C=S) groups is 1. The van der Waals surface area contributed by atoms with Crippen molar-refractivity contribution >= 4 is 39.5 Å². The number of thioether (sulfide) groups is 1. The van der Waals surface area contributed by atoms with Gasteiger partial charge in [0.1, 0.15) is 0 Å². The van der Waals surface area contributed by atoms with Crippen LogP contribution in [0, 0.1) is 20.8 Å². The fourth-order valence-corrected chi connectivity index (χ4v) is 3.95. The normalized spacial score (nSPS) is 10.5. The second-order valence-electron chi connectivity index (χ2n) is 4.09. The summed E-state index contributed by atoms with van der Waals surface area (Å²) in [5, 5.41) is 2.07. The summed E-state index contributed by atoms with van der Waals surface area (Å²) in [4.78, 5) is 2.48. The van der Waals surface area contributed by atoms with E-state index in [0.29, 0.717) is 0 Å². The van der Waals surface area contributed by atoms with Crippen molar-refractivity contribution in [2.45, 2.75) is 25.7 Å². The third kappa shape index (κ3) is 2.97. The smallest absolute Gasteiger partial charge is 0.0926 e. The van der Waals surface area contributed by atoms with Crippen LogP contribution >= 0.6 is 35.3 Å². The molecule has 0 aliphatic rings. The molecule has 0 aliphatic carbocycles. The molecule has 0 saturated heterocycles. The van der Waals surface area contributed by atoms with Gasteiger partial charge < -0.3 is 0 Å². The quantitative estimate of drug-likeness (QED) is 0.551. The minimum Gasteiger partial charge on any atom is -0.142 e. The summed E-state index contributed by atoms with van der Waals surface area (Å²) in [6.45, 7) is 6.44. The maximum absolute atomic E-state index is 5.48. The van der Waals surface area contributed by atoms with Gasteiger partial charge in [-0.05, 0) is 43.3 Å². The first kappa shape index (κ1) is 12.8. The molecule has 3 heteroatoms. The summed E-state index contributed by atoms with van der Waals surface area (Å²) in [6.07, 6.45) is 0. The van der Waals surface area contributed by atoms with E-state index in [4.69, 9.17) is 12.2 Å². The van der Waals surface area contributed by atoms with Gasteiger partial charge in [-0.25, -0.2) is 0 Å². The van der Waals surface area contributed by atoms with Crippen molar-refractivity contribution in [3.63, 3.8) is 0 Å². The lowest BCUT2D eigenvalue weighted by molar-refractivity contribution is 1.19. The molecule has 1 aromatic carbocycles. The largest absolute Gasteiger partial charge is 0.142 e. The van der Waals surface area contributed by atoms with Crippen LogP contribution in [0.15, 0.2) is 34.5 Å². The van der Waals surface area contributed by atoms with Crippen molar-refractivity contribution < 1.29 is 0 Å². The van der Waals surface area contributed by atoms with Gasteiger partial charge in [-0.1, -0.05) is 47.7 Å². The fraction of sp³-hybridized carbons (Fsp3) is 0.214. The van der Waals surface area contributed by atoms with Gasteiger partial charge in [-0.15, -0.1) is 11.3 Å². The van der Waals surface area contributed by atoms with E-state index in [0.717, 1.165) is 4.20 Å². The number of aryl methyl sites for hydroxylation is 3. The number of thiophene rings is 1. The van der Waals surface area contributed by atoms with Crippen molar-refractivity contribution in [3.05, 3.63) is 51.2 Å². The summed E-state index contributed by atoms with van der Waals surface area (Å²) in [7, 11) is 0. The van der Waals surface area contributed by atoms with Crippen LogP contribution < -0.4 is 0 Å². The number of hydrogen-bond donors (Lipinski definition) is 0. The lowest BCUT2D eigenvalue weighted by atomic mass is 10.1. The third-order valence-electron chi connectivity index (χ3n) is 2.52. The Hall–Kier alpha value is -0.640. The molecule has 2 rings (SSSR count). The standard InChI is InChI=1S/C14H14S3/c1-9-7-10(2)13(11(3)8-9)17-14(15)12-5-4-6-16-12/h4-8H,1-3H3. The Morgan fingerprint density at radius 3 is 2.35 bits per heavy atom. The molecule has 1 aromatic heterocycles. The van der Waals surface area contributed by atoms with Gasteiger partial charge in [0.25, 0.3) is 0 Å². The Morgan fingerprint density at radius 1 is 1.18 bits per heavy atom. The maximum atomic E-state index is 5.48. The highest BCUT2D eigenvalue weighted by atomic mass is 32.2. The first-order valence-corrected chi connectivity index (χ1v) is 7.52. The van der Waals surface area contributed by atoms with Gasteiger partial charge in [0.2, 0.25) is 0 Å². The molecule has 0 N–H and O–H groups in total. The van der Waals surface area contributed by atoms with Crippen LogP contribution in [0.1, 0.15) is 21.6 Å². The summed E-state index contributed by atoms with van der Waals surface area (Å²) in [5.41, 5.74) is 3.93. The predicted molar refractivity (Wildman–Crippen MR) is 82.5 cm³/mol. The van der Waals surface area contributed by atoms with Gasteiger partial charge in [-0.3, -0.25) is 0 Å². The number of hydrogen-bond acceptors (Lipinski definition) is 3. The van der Waals surface area contributed by atoms with E-state index >= 15 is 0 Å². The Kier molecular flexibility index (Phi) is 4.02. The van der Waals surface area contributed by atoms with Gasteiger partial charge in [0, 0.05) is 4.90 Å². The van der Waals surface area contributed by atoms with Gasteiger partial charge in [-0.2, -0.15) is 0 Å². The molecule has 88 valence electrons. The molecule has 0 unspecified atom stereocenters. The first-order valence-electron chi connectivity index (χ1n) is 5.41. The Morgan fingerprint density at radius 2 is 1.82 bits per heavy atom. The molecule has 2 aromatic rings. The van der Waals surface area contributed by atoms with Crippen molar-refractivity contribution in [2.24, 2.45) is 0 Å². The molecule has 0 bridgehead atoms. The molecule has 0 aliphatic heterocycles. The van der Waals surface area contributed by atoms with Crippen LogP contribution in [0.4, 0.5) is 0 Å². The maximum Gasteiger partial charge on any atom is 0.0926 e. The lowest BCUT2D eigenvalue weighted by Crippen LogP contribution is -1.92. The van der Waals surface area contributed by atoms with Crippen LogP contribution in [-0.2, 0) is 0 Å². The molecule has 0 nitrogen and oxygen atoms in total. The average molecular weight is 278 g/mol. The highest BCUT2D eigenvalue weighted by Crippen LogP contribution is 2.31. The molecule has 1 heterocycles. The molecule has 0 radical (unpaired) electrons. The van der Waals surface area contributed by atoms with Crippen LogP contribution in [0.2, 0.25) is 0 Å². The van der Waals surface area contributed by atoms with E-state index in [1.807, 2.05) is 6.07 Å². The van der Waals surface area contributed by atoms with E-state index in [-0.39, 0.29) is 0 Å². The zero-order chi connectivity index (χ0) is 12.4. The Balaban J connectivity index is 2.28. The number of benzene rings is 1. The van der Waals surface area contributed by atoms with Gasteiger partial charge >= 0.3 is 0 Å². The fourth-order valence-electron chi connectivity index (χ4n) is 1.87. The van der Waals surface area contributed by atoms with E-state index in [1.54, 1.807) is 23.1 Å². The number of rotatable bonds is 2. The van der Waals surface area contributed by atoms with Crippen molar-refractivity contribution in [3.8, 4) is 0 Å². The second-order valence-corrected chi connectivity index (χ2v) is 6.73. The zero-order valence-electron chi connectivity index (χ0n) is 10.1. The molecule has 0 spiro atoms. The van der Waals surface area contributed by atoms with Crippen LogP contribution in [0.5, 0.6) is 0 Å². The average Bonchev–Trinajstić information content (AvgIpc) is 2.76. The highest BCUT2D eigenvalue weighted by Gasteiger charge is 2.09. The minimum absolute atomic E-state index is 0.968. The van der Waals surface area contributed by atoms with Crippen LogP contribution in [-0.4, -0.2) is 4.20 Å². The van der Waals surface area contributed by atoms with Crippen molar-refractivity contribution in [1.29, 1.82) is 0 Å². The molecule has 17 heavy (non-hydrogen) atoms. The summed E-state index contributed by atoms with van der Waals surface area (Å²) in [5.74, 6) is 0. The Bertz CT molecular complexity index is 516. The molecule has 0 fully saturated rings. The predicted octanol–water partition coefficient (Wildman–Crippen LogP) is 5.14. The topological polar surface area (TPSA) is 0 Å². The molecule has 0 saturated carbocycles. The summed E-state index contributed by atoms with van der Waals surface area (Å²) in [6, 6.07) is 8.55. The summed E-state index contributed by atoms with van der Waals surface area (Å²) >= 11 is 8.89. The molecular weight excluding hydrogens is 264 g/mol. The second kappa shape index (κ2) is 5.34. The monoisotopic (exact) mass is 278 g/mol. The van der Waals surface area contributed by atoms with E-state index in [2.05, 4.69) is 44.4 Å². The van der Waals surface area contributed by atoms with Crippen molar-refractivity contribution in [1.82, 2.24) is 0 Å². The van der Waals surface area contributed by atoms with E-state index in [1.165, 1.54) is 26.5 Å². The van der Waals surface area contributed by atoms with Crippen LogP contribution in [0.25, 0.3) is 0 Å².